The molecular weight excluding hydrogens is 464 g/mol. The molecule has 13 nitrogen and oxygen atoms in total. The van der Waals surface area contributed by atoms with Gasteiger partial charge in [-0.2, -0.15) is 0 Å². The third kappa shape index (κ3) is 5.39. The number of benzene rings is 2. The van der Waals surface area contributed by atoms with Gasteiger partial charge in [0.25, 0.3) is 11.4 Å². The molecule has 0 saturated heterocycles. The van der Waals surface area contributed by atoms with Crippen molar-refractivity contribution >= 4 is 29.1 Å². The fraction of sp³-hybridized carbons (Fsp3) is 0.364. The van der Waals surface area contributed by atoms with Gasteiger partial charge in [0.05, 0.1) is 30.1 Å². The number of carbonyl (C=O) groups excluding carboxylic acids is 2. The van der Waals surface area contributed by atoms with Crippen molar-refractivity contribution in [2.24, 2.45) is 0 Å². The molecule has 3 rings (SSSR count). The summed E-state index contributed by atoms with van der Waals surface area (Å²) in [6, 6.07) is 7.06. The van der Waals surface area contributed by atoms with Crippen molar-refractivity contribution in [2.75, 3.05) is 32.2 Å². The monoisotopic (exact) mass is 488 g/mol. The van der Waals surface area contributed by atoms with Gasteiger partial charge in [-0.1, -0.05) is 0 Å². The zero-order valence-electron chi connectivity index (χ0n) is 19.5. The minimum atomic E-state index is -1.12. The predicted octanol–water partition coefficient (Wildman–Crippen LogP) is 3.07. The third-order valence-electron chi connectivity index (χ3n) is 5.52. The van der Waals surface area contributed by atoms with Crippen LogP contribution in [0.15, 0.2) is 30.3 Å². The number of nitro groups is 2. The smallest absolute Gasteiger partial charge is 0.408 e. The van der Waals surface area contributed by atoms with E-state index in [0.29, 0.717) is 22.6 Å². The van der Waals surface area contributed by atoms with Crippen LogP contribution in [0.4, 0.5) is 21.9 Å². The summed E-state index contributed by atoms with van der Waals surface area (Å²) in [4.78, 5) is 47.4. The topological polar surface area (TPSA) is 163 Å². The first-order valence-corrected chi connectivity index (χ1v) is 10.4. The Labute approximate surface area is 199 Å². The van der Waals surface area contributed by atoms with Crippen molar-refractivity contribution in [3.63, 3.8) is 0 Å². The average molecular weight is 488 g/mol. The first kappa shape index (κ1) is 25.2. The van der Waals surface area contributed by atoms with E-state index in [4.69, 9.17) is 14.2 Å². The Morgan fingerprint density at radius 2 is 1.66 bits per heavy atom. The number of rotatable bonds is 8. The van der Waals surface area contributed by atoms with Gasteiger partial charge < -0.3 is 24.4 Å². The number of fused-ring (bicyclic) bond motifs is 1. The van der Waals surface area contributed by atoms with Gasteiger partial charge >= 0.3 is 6.09 Å². The number of methoxy groups -OCH3 is 2. The molecule has 186 valence electrons. The van der Waals surface area contributed by atoms with E-state index in [1.165, 1.54) is 20.3 Å². The Bertz CT molecular complexity index is 1170. The van der Waals surface area contributed by atoms with Crippen molar-refractivity contribution in [2.45, 2.75) is 25.9 Å². The van der Waals surface area contributed by atoms with Crippen LogP contribution in [-0.2, 0) is 21.6 Å². The van der Waals surface area contributed by atoms with E-state index in [2.05, 4.69) is 5.32 Å². The van der Waals surface area contributed by atoms with Gasteiger partial charge in [-0.15, -0.1) is 0 Å². The van der Waals surface area contributed by atoms with E-state index >= 15 is 0 Å². The summed E-state index contributed by atoms with van der Waals surface area (Å²) >= 11 is 0. The molecule has 1 aliphatic heterocycles. The molecular formula is C22H24N4O9. The maximum absolute atomic E-state index is 12.8. The minimum Gasteiger partial charge on any atom is -0.497 e. The summed E-state index contributed by atoms with van der Waals surface area (Å²) in [6.07, 6.45) is -0.679. The molecule has 0 saturated carbocycles. The van der Waals surface area contributed by atoms with E-state index in [1.54, 1.807) is 32.0 Å². The number of ether oxygens (including phenoxy) is 3. The maximum Gasteiger partial charge on any atom is 0.408 e. The highest BCUT2D eigenvalue weighted by molar-refractivity contribution is 6.00. The molecule has 0 aromatic heterocycles. The number of amides is 2. The highest BCUT2D eigenvalue weighted by Gasteiger charge is 2.35. The van der Waals surface area contributed by atoms with Gasteiger partial charge in [0.1, 0.15) is 29.3 Å². The molecule has 13 heteroatoms. The van der Waals surface area contributed by atoms with Crippen LogP contribution in [-0.4, -0.2) is 49.2 Å². The van der Waals surface area contributed by atoms with E-state index in [9.17, 15) is 29.8 Å². The van der Waals surface area contributed by atoms with Crippen molar-refractivity contribution in [3.05, 3.63) is 61.7 Å². The molecule has 0 bridgehead atoms. The van der Waals surface area contributed by atoms with Crippen molar-refractivity contribution in [1.29, 1.82) is 0 Å². The summed E-state index contributed by atoms with van der Waals surface area (Å²) in [5.41, 5.74) is -1.20. The molecule has 2 aromatic carbocycles. The molecule has 2 amide bonds. The van der Waals surface area contributed by atoms with Crippen LogP contribution < -0.4 is 19.7 Å². The molecule has 0 spiro atoms. The van der Waals surface area contributed by atoms with Gasteiger partial charge in [0.2, 0.25) is 5.91 Å². The number of nitro benzene ring substituents is 2. The van der Waals surface area contributed by atoms with Crippen molar-refractivity contribution in [1.82, 2.24) is 5.32 Å². The van der Waals surface area contributed by atoms with E-state index < -0.39 is 45.4 Å². The standard InChI is InChI=1S/C22H24N4O9/c1-22(2,14-8-16(33-3)11-17(9-14)34-4)35-21(28)23-12-19(27)24-6-5-13-7-15(25(29)30)10-18(20(13)24)26(31)32/h7-11H,5-6,12H2,1-4H3,(H,23,28). The number of anilines is 1. The van der Waals surface area contributed by atoms with Crippen LogP contribution in [0.2, 0.25) is 0 Å². The summed E-state index contributed by atoms with van der Waals surface area (Å²) in [6.45, 7) is 2.89. The number of nitrogens with one attached hydrogen (secondary N) is 1. The maximum atomic E-state index is 12.8. The van der Waals surface area contributed by atoms with Gasteiger partial charge in [-0.25, -0.2) is 4.79 Å². The first-order chi connectivity index (χ1) is 16.5. The zero-order chi connectivity index (χ0) is 25.9. The van der Waals surface area contributed by atoms with E-state index in [1.807, 2.05) is 0 Å². The predicted molar refractivity (Wildman–Crippen MR) is 123 cm³/mol. The average Bonchev–Trinajstić information content (AvgIpc) is 3.25. The Balaban J connectivity index is 1.71. The number of carbonyl (C=O) groups is 2. The lowest BCUT2D eigenvalue weighted by atomic mass is 9.97. The molecule has 2 aromatic rings. The molecule has 0 unspecified atom stereocenters. The van der Waals surface area contributed by atoms with Crippen LogP contribution in [0.25, 0.3) is 0 Å². The lowest BCUT2D eigenvalue weighted by Gasteiger charge is -2.26. The van der Waals surface area contributed by atoms with Crippen molar-refractivity contribution < 1.29 is 33.6 Å². The first-order valence-electron chi connectivity index (χ1n) is 10.4. The van der Waals surface area contributed by atoms with E-state index in [-0.39, 0.29) is 18.7 Å². The Kier molecular flexibility index (Phi) is 7.08. The van der Waals surface area contributed by atoms with Crippen LogP contribution in [0, 0.1) is 20.2 Å². The quantitative estimate of drug-likeness (QED) is 0.434. The molecule has 35 heavy (non-hydrogen) atoms. The second-order valence-corrected chi connectivity index (χ2v) is 8.14. The van der Waals surface area contributed by atoms with Gasteiger partial charge in [0.15, 0.2) is 0 Å². The van der Waals surface area contributed by atoms with Crippen LogP contribution in [0.5, 0.6) is 11.5 Å². The Hall–Kier alpha value is -4.42. The van der Waals surface area contributed by atoms with Gasteiger partial charge in [0, 0.05) is 24.2 Å². The molecule has 0 aliphatic carbocycles. The van der Waals surface area contributed by atoms with Gasteiger partial charge in [-0.05, 0) is 38.0 Å². The molecule has 1 aliphatic rings. The SMILES string of the molecule is COc1cc(OC)cc(C(C)(C)OC(=O)NCC(=O)N2CCc3cc([N+](=O)[O-])cc([N+](=O)[O-])c32)c1. The van der Waals surface area contributed by atoms with E-state index in [0.717, 1.165) is 11.0 Å². The second-order valence-electron chi connectivity index (χ2n) is 8.14. The molecule has 0 fully saturated rings. The summed E-state index contributed by atoms with van der Waals surface area (Å²) in [7, 11) is 2.98. The van der Waals surface area contributed by atoms with Crippen molar-refractivity contribution in [3.8, 4) is 11.5 Å². The second kappa shape index (κ2) is 9.83. The fourth-order valence-corrected chi connectivity index (χ4v) is 3.73. The number of alkyl carbamates (subject to hydrolysis) is 1. The van der Waals surface area contributed by atoms with Gasteiger partial charge in [-0.3, -0.25) is 25.0 Å². The van der Waals surface area contributed by atoms with Crippen LogP contribution >= 0.6 is 0 Å². The lowest BCUT2D eigenvalue weighted by molar-refractivity contribution is -0.393. The number of nitrogens with zero attached hydrogens (tertiary/aromatic N) is 3. The summed E-state index contributed by atoms with van der Waals surface area (Å²) in [5, 5.41) is 24.9. The van der Waals surface area contributed by atoms with Crippen LogP contribution in [0.1, 0.15) is 25.0 Å². The zero-order valence-corrected chi connectivity index (χ0v) is 19.5. The highest BCUT2D eigenvalue weighted by atomic mass is 16.6. The number of hydrogen-bond acceptors (Lipinski definition) is 9. The number of non-ortho nitro benzene ring substituents is 1. The molecule has 1 heterocycles. The largest absolute Gasteiger partial charge is 0.497 e. The Morgan fingerprint density at radius 1 is 1.03 bits per heavy atom. The molecule has 1 N–H and O–H groups in total. The molecule has 0 radical (unpaired) electrons. The fourth-order valence-electron chi connectivity index (χ4n) is 3.73. The number of hydrogen-bond donors (Lipinski definition) is 1. The minimum absolute atomic E-state index is 0.00965. The Morgan fingerprint density at radius 3 is 2.20 bits per heavy atom. The summed E-state index contributed by atoms with van der Waals surface area (Å²) < 4.78 is 16.0. The third-order valence-corrected chi connectivity index (χ3v) is 5.52. The molecule has 0 atom stereocenters. The van der Waals surface area contributed by atoms with Crippen LogP contribution in [0.3, 0.4) is 0 Å². The normalized spacial score (nSPS) is 12.5. The highest BCUT2D eigenvalue weighted by Crippen LogP contribution is 2.40. The summed E-state index contributed by atoms with van der Waals surface area (Å²) in [5.74, 6) is 0.376. The lowest BCUT2D eigenvalue weighted by Crippen LogP contribution is -2.41.